The Bertz CT molecular complexity index is 1220. The van der Waals surface area contributed by atoms with E-state index in [1.807, 2.05) is 24.3 Å². The number of nitrogens with two attached hydrogens (primary N) is 1. The molecular weight excluding hydrogens is 376 g/mol. The molecule has 2 aromatic carbocycles. The van der Waals surface area contributed by atoms with E-state index < -0.39 is 5.92 Å². The standard InChI is InChI=1S/C21H16N2O4S/c1-25-14-8-7-11(9-15(14)26-2)17-13(10-22)20(23)27-19-12-5-3-4-6-16(12)28-21(24)18(17)19/h3-9,17H,23H2,1-2H3. The summed E-state index contributed by atoms with van der Waals surface area (Å²) in [6.45, 7) is 0. The fraction of sp³-hybridized carbons (Fsp3) is 0.143. The van der Waals surface area contributed by atoms with Gasteiger partial charge in [0.05, 0.1) is 25.7 Å². The van der Waals surface area contributed by atoms with E-state index in [1.165, 1.54) is 7.11 Å². The fourth-order valence-electron chi connectivity index (χ4n) is 3.43. The van der Waals surface area contributed by atoms with Gasteiger partial charge in [-0.3, -0.25) is 4.79 Å². The second kappa shape index (κ2) is 6.91. The molecule has 7 heteroatoms. The topological polar surface area (TPSA) is 94.6 Å². The van der Waals surface area contributed by atoms with Gasteiger partial charge < -0.3 is 19.9 Å². The highest BCUT2D eigenvalue weighted by atomic mass is 32.1. The molecule has 2 N–H and O–H groups in total. The summed E-state index contributed by atoms with van der Waals surface area (Å²) in [7, 11) is 3.08. The Kier molecular flexibility index (Phi) is 4.41. The Morgan fingerprint density at radius 2 is 1.89 bits per heavy atom. The molecule has 140 valence electrons. The lowest BCUT2D eigenvalue weighted by Gasteiger charge is -2.26. The largest absolute Gasteiger partial charge is 0.493 e. The second-order valence-corrected chi connectivity index (χ2v) is 7.18. The van der Waals surface area contributed by atoms with Gasteiger partial charge in [0.1, 0.15) is 17.4 Å². The van der Waals surface area contributed by atoms with Crippen molar-refractivity contribution >= 4 is 21.4 Å². The maximum atomic E-state index is 13.0. The van der Waals surface area contributed by atoms with Gasteiger partial charge >= 0.3 is 0 Å². The number of hydrogen-bond acceptors (Lipinski definition) is 7. The van der Waals surface area contributed by atoms with Crippen LogP contribution in [0.1, 0.15) is 17.0 Å². The highest BCUT2D eigenvalue weighted by Gasteiger charge is 2.35. The smallest absolute Gasteiger partial charge is 0.240 e. The van der Waals surface area contributed by atoms with Gasteiger partial charge in [0, 0.05) is 10.1 Å². The summed E-state index contributed by atoms with van der Waals surface area (Å²) in [5.74, 6) is 0.798. The van der Waals surface area contributed by atoms with E-state index in [4.69, 9.17) is 19.9 Å². The number of allylic oxidation sites excluding steroid dienone is 1. The molecule has 0 fully saturated rings. The van der Waals surface area contributed by atoms with Crippen LogP contribution in [0.25, 0.3) is 10.1 Å². The van der Waals surface area contributed by atoms with Crippen LogP contribution in [0.5, 0.6) is 17.2 Å². The molecule has 0 saturated heterocycles. The molecule has 0 radical (unpaired) electrons. The molecule has 1 atom stereocenters. The molecule has 28 heavy (non-hydrogen) atoms. The number of nitrogens with zero attached hydrogens (tertiary/aromatic N) is 1. The van der Waals surface area contributed by atoms with Crippen molar-refractivity contribution in [3.8, 4) is 23.3 Å². The van der Waals surface area contributed by atoms with E-state index >= 15 is 0 Å². The van der Waals surface area contributed by atoms with Crippen LogP contribution in [0.4, 0.5) is 0 Å². The Balaban J connectivity index is 2.04. The van der Waals surface area contributed by atoms with E-state index in [9.17, 15) is 10.1 Å². The summed E-state index contributed by atoms with van der Waals surface area (Å²) in [5, 5.41) is 10.5. The van der Waals surface area contributed by atoms with Gasteiger partial charge in [-0.25, -0.2) is 0 Å². The number of benzene rings is 2. The van der Waals surface area contributed by atoms with Gasteiger partial charge in [0.2, 0.25) is 10.6 Å². The van der Waals surface area contributed by atoms with Crippen molar-refractivity contribution < 1.29 is 14.2 Å². The predicted octanol–water partition coefficient (Wildman–Crippen LogP) is 3.50. The number of rotatable bonds is 3. The summed E-state index contributed by atoms with van der Waals surface area (Å²) < 4.78 is 17.1. The molecule has 2 heterocycles. The van der Waals surface area contributed by atoms with Gasteiger partial charge in [-0.1, -0.05) is 29.5 Å². The zero-order valence-electron chi connectivity index (χ0n) is 15.2. The number of fused-ring (bicyclic) bond motifs is 3. The molecule has 1 unspecified atom stereocenters. The van der Waals surface area contributed by atoms with Crippen LogP contribution in [0.15, 0.2) is 58.7 Å². The molecule has 1 aromatic heterocycles. The SMILES string of the molecule is COc1ccc(C2C(C#N)=C(N)Oc3c2c(=O)sc2ccccc32)cc1OC. The second-order valence-electron chi connectivity index (χ2n) is 6.17. The third-order valence-corrected chi connectivity index (χ3v) is 5.70. The lowest BCUT2D eigenvalue weighted by atomic mass is 9.84. The minimum Gasteiger partial charge on any atom is -0.493 e. The van der Waals surface area contributed by atoms with Crippen LogP contribution >= 0.6 is 11.3 Å². The molecule has 0 amide bonds. The minimum atomic E-state index is -0.651. The van der Waals surface area contributed by atoms with Crippen LogP contribution < -0.4 is 24.7 Å². The van der Waals surface area contributed by atoms with Crippen molar-refractivity contribution in [1.29, 1.82) is 5.26 Å². The van der Waals surface area contributed by atoms with Crippen molar-refractivity contribution in [3.05, 3.63) is 74.6 Å². The van der Waals surface area contributed by atoms with Crippen molar-refractivity contribution in [3.63, 3.8) is 0 Å². The summed E-state index contributed by atoms with van der Waals surface area (Å²) in [4.78, 5) is 13.0. The van der Waals surface area contributed by atoms with E-state index in [0.717, 1.165) is 21.4 Å². The van der Waals surface area contributed by atoms with E-state index in [1.54, 1.807) is 25.3 Å². The van der Waals surface area contributed by atoms with Crippen molar-refractivity contribution in [1.82, 2.24) is 0 Å². The van der Waals surface area contributed by atoms with Crippen molar-refractivity contribution in [2.24, 2.45) is 5.73 Å². The Labute approximate surface area is 165 Å². The first-order valence-electron chi connectivity index (χ1n) is 8.44. The zero-order valence-corrected chi connectivity index (χ0v) is 16.0. The normalized spacial score (nSPS) is 15.5. The van der Waals surface area contributed by atoms with E-state index in [2.05, 4.69) is 6.07 Å². The van der Waals surface area contributed by atoms with Crippen molar-refractivity contribution in [2.45, 2.75) is 5.92 Å². The third-order valence-electron chi connectivity index (χ3n) is 4.72. The van der Waals surface area contributed by atoms with E-state index in [0.29, 0.717) is 28.4 Å². The maximum Gasteiger partial charge on any atom is 0.240 e. The van der Waals surface area contributed by atoms with Gasteiger partial charge in [-0.05, 0) is 29.8 Å². The minimum absolute atomic E-state index is 0.00413. The molecule has 0 aliphatic carbocycles. The fourth-order valence-corrected chi connectivity index (χ4v) is 4.37. The van der Waals surface area contributed by atoms with Crippen LogP contribution in [-0.2, 0) is 0 Å². The maximum absolute atomic E-state index is 13.0. The van der Waals surface area contributed by atoms with E-state index in [-0.39, 0.29) is 16.2 Å². The first kappa shape index (κ1) is 17.9. The Morgan fingerprint density at radius 3 is 2.61 bits per heavy atom. The van der Waals surface area contributed by atoms with Crippen LogP contribution in [-0.4, -0.2) is 14.2 Å². The molecular formula is C21H16N2O4S. The average molecular weight is 392 g/mol. The zero-order chi connectivity index (χ0) is 19.8. The first-order valence-corrected chi connectivity index (χ1v) is 9.26. The molecule has 0 bridgehead atoms. The van der Waals surface area contributed by atoms with Crippen LogP contribution in [0, 0.1) is 11.3 Å². The van der Waals surface area contributed by atoms with Gasteiger partial charge in [-0.2, -0.15) is 5.26 Å². The number of ether oxygens (including phenoxy) is 3. The molecule has 1 aliphatic rings. The molecule has 1 aliphatic heterocycles. The summed E-state index contributed by atoms with van der Waals surface area (Å²) in [6, 6.07) is 14.9. The summed E-state index contributed by atoms with van der Waals surface area (Å²) >= 11 is 1.12. The van der Waals surface area contributed by atoms with Crippen LogP contribution in [0.3, 0.4) is 0 Å². The van der Waals surface area contributed by atoms with Crippen LogP contribution in [0.2, 0.25) is 0 Å². The lowest BCUT2D eigenvalue weighted by Crippen LogP contribution is -2.25. The average Bonchev–Trinajstić information content (AvgIpc) is 2.72. The predicted molar refractivity (Wildman–Crippen MR) is 107 cm³/mol. The highest BCUT2D eigenvalue weighted by Crippen LogP contribution is 2.45. The Hall–Kier alpha value is -3.50. The molecule has 4 rings (SSSR count). The first-order chi connectivity index (χ1) is 13.6. The molecule has 6 nitrogen and oxygen atoms in total. The number of hydrogen-bond donors (Lipinski definition) is 1. The lowest BCUT2D eigenvalue weighted by molar-refractivity contribution is 0.354. The quantitative estimate of drug-likeness (QED) is 0.733. The monoisotopic (exact) mass is 392 g/mol. The summed E-state index contributed by atoms with van der Waals surface area (Å²) in [5.41, 5.74) is 7.37. The third kappa shape index (κ3) is 2.66. The van der Waals surface area contributed by atoms with Crippen molar-refractivity contribution in [2.75, 3.05) is 14.2 Å². The number of nitriles is 1. The number of methoxy groups -OCH3 is 2. The summed E-state index contributed by atoms with van der Waals surface area (Å²) in [6.07, 6.45) is 0. The molecule has 3 aromatic rings. The van der Waals surface area contributed by atoms with Gasteiger partial charge in [0.25, 0.3) is 0 Å². The van der Waals surface area contributed by atoms with Gasteiger partial charge in [-0.15, -0.1) is 0 Å². The Morgan fingerprint density at radius 1 is 1.14 bits per heavy atom. The van der Waals surface area contributed by atoms with Gasteiger partial charge in [0.15, 0.2) is 11.5 Å². The molecule has 0 spiro atoms. The highest BCUT2D eigenvalue weighted by molar-refractivity contribution is 7.16. The molecule has 0 saturated carbocycles.